The van der Waals surface area contributed by atoms with E-state index in [-0.39, 0.29) is 0 Å². The van der Waals surface area contributed by atoms with Crippen LogP contribution in [0.1, 0.15) is 12.6 Å². The molecule has 1 aliphatic rings. The molecule has 0 aliphatic carbocycles. The number of hydrogen-bond donors (Lipinski definition) is 0. The topological polar surface area (TPSA) is 34.0 Å². The summed E-state index contributed by atoms with van der Waals surface area (Å²) in [6.45, 7) is 5.70. The molecule has 12 heavy (non-hydrogen) atoms. The quantitative estimate of drug-likeness (QED) is 0.632. The molecule has 0 radical (unpaired) electrons. The van der Waals surface area contributed by atoms with Crippen LogP contribution in [0.2, 0.25) is 0 Å². The molecule has 1 saturated heterocycles. The fraction of sp³-hybridized carbons (Fsp3) is 0.750. The van der Waals surface area contributed by atoms with Gasteiger partial charge in [-0.25, -0.2) is 0 Å². The maximum Gasteiger partial charge on any atom is 0.0738 e. The van der Waals surface area contributed by atoms with Crippen LogP contribution in [-0.4, -0.2) is 33.0 Å². The number of hydrogen-bond acceptors (Lipinski definition) is 3. The molecular formula is C8H14N4. The van der Waals surface area contributed by atoms with Crippen molar-refractivity contribution >= 4 is 0 Å². The number of likely N-dealkylation sites (tertiary alicyclic amines) is 1. The Hall–Kier alpha value is -0.900. The second-order valence-electron chi connectivity index (χ2n) is 3.65. The summed E-state index contributed by atoms with van der Waals surface area (Å²) < 4.78 is 1.84. The first kappa shape index (κ1) is 7.73. The zero-order valence-corrected chi connectivity index (χ0v) is 7.56. The molecule has 0 aromatic carbocycles. The van der Waals surface area contributed by atoms with Gasteiger partial charge in [0, 0.05) is 26.7 Å². The van der Waals surface area contributed by atoms with E-state index in [1.807, 2.05) is 17.9 Å². The van der Waals surface area contributed by atoms with E-state index in [0.29, 0.717) is 0 Å². The summed E-state index contributed by atoms with van der Waals surface area (Å²) in [5.74, 6) is 0.867. The SMILES string of the molecule is CC1CN(Cc2cnnn2C)C1. The molecule has 0 bridgehead atoms. The molecule has 66 valence electrons. The lowest BCUT2D eigenvalue weighted by molar-refractivity contribution is 0.102. The van der Waals surface area contributed by atoms with E-state index in [1.165, 1.54) is 18.8 Å². The van der Waals surface area contributed by atoms with E-state index in [2.05, 4.69) is 22.1 Å². The van der Waals surface area contributed by atoms with Crippen LogP contribution in [0.3, 0.4) is 0 Å². The average Bonchev–Trinajstić information content (AvgIpc) is 2.33. The van der Waals surface area contributed by atoms with Crippen LogP contribution in [0, 0.1) is 5.92 Å². The minimum absolute atomic E-state index is 0.867. The van der Waals surface area contributed by atoms with Gasteiger partial charge < -0.3 is 0 Å². The van der Waals surface area contributed by atoms with Gasteiger partial charge in [0.2, 0.25) is 0 Å². The number of nitrogens with zero attached hydrogens (tertiary/aromatic N) is 4. The Morgan fingerprint density at radius 2 is 2.33 bits per heavy atom. The van der Waals surface area contributed by atoms with Gasteiger partial charge in [0.25, 0.3) is 0 Å². The lowest BCUT2D eigenvalue weighted by atomic mass is 10.0. The molecule has 1 fully saturated rings. The zero-order chi connectivity index (χ0) is 8.55. The molecule has 0 spiro atoms. The van der Waals surface area contributed by atoms with Gasteiger partial charge in [-0.3, -0.25) is 9.58 Å². The molecule has 0 unspecified atom stereocenters. The molecule has 0 saturated carbocycles. The molecule has 1 aromatic heterocycles. The van der Waals surface area contributed by atoms with Gasteiger partial charge in [-0.15, -0.1) is 5.10 Å². The van der Waals surface area contributed by atoms with Gasteiger partial charge in [-0.05, 0) is 5.92 Å². The number of aryl methyl sites for hydroxylation is 1. The van der Waals surface area contributed by atoms with Gasteiger partial charge in [-0.2, -0.15) is 0 Å². The van der Waals surface area contributed by atoms with Gasteiger partial charge >= 0.3 is 0 Å². The van der Waals surface area contributed by atoms with E-state index < -0.39 is 0 Å². The highest BCUT2D eigenvalue weighted by Gasteiger charge is 2.22. The lowest BCUT2D eigenvalue weighted by Crippen LogP contribution is -2.44. The Balaban J connectivity index is 1.92. The van der Waals surface area contributed by atoms with E-state index in [9.17, 15) is 0 Å². The van der Waals surface area contributed by atoms with Crippen molar-refractivity contribution in [3.8, 4) is 0 Å². The zero-order valence-electron chi connectivity index (χ0n) is 7.56. The molecule has 1 aliphatic heterocycles. The van der Waals surface area contributed by atoms with Gasteiger partial charge in [0.1, 0.15) is 0 Å². The summed E-state index contributed by atoms with van der Waals surface area (Å²) in [5.41, 5.74) is 1.20. The minimum atomic E-state index is 0.867. The Kier molecular flexibility index (Phi) is 1.84. The Bertz CT molecular complexity index is 262. The van der Waals surface area contributed by atoms with Crippen molar-refractivity contribution in [2.45, 2.75) is 13.5 Å². The van der Waals surface area contributed by atoms with Crippen molar-refractivity contribution in [3.05, 3.63) is 11.9 Å². The van der Waals surface area contributed by atoms with Crippen LogP contribution in [0.5, 0.6) is 0 Å². The van der Waals surface area contributed by atoms with E-state index in [4.69, 9.17) is 0 Å². The fourth-order valence-electron chi connectivity index (χ4n) is 1.64. The Morgan fingerprint density at radius 3 is 2.83 bits per heavy atom. The largest absolute Gasteiger partial charge is 0.297 e. The fourth-order valence-corrected chi connectivity index (χ4v) is 1.64. The second kappa shape index (κ2) is 2.86. The first-order chi connectivity index (χ1) is 5.75. The van der Waals surface area contributed by atoms with Crippen LogP contribution in [-0.2, 0) is 13.6 Å². The predicted octanol–water partition coefficient (Wildman–Crippen LogP) is 0.267. The number of aromatic nitrogens is 3. The molecule has 0 amide bonds. The highest BCUT2D eigenvalue weighted by molar-refractivity contribution is 4.94. The van der Waals surface area contributed by atoms with E-state index in [0.717, 1.165) is 12.5 Å². The van der Waals surface area contributed by atoms with Gasteiger partial charge in [-0.1, -0.05) is 12.1 Å². The second-order valence-corrected chi connectivity index (χ2v) is 3.65. The van der Waals surface area contributed by atoms with Crippen LogP contribution in [0.4, 0.5) is 0 Å². The third-order valence-electron chi connectivity index (χ3n) is 2.33. The normalized spacial score (nSPS) is 19.5. The van der Waals surface area contributed by atoms with Crippen LogP contribution in [0.15, 0.2) is 6.20 Å². The Labute approximate surface area is 72.2 Å². The summed E-state index contributed by atoms with van der Waals surface area (Å²) >= 11 is 0. The smallest absolute Gasteiger partial charge is 0.0738 e. The first-order valence-corrected chi connectivity index (χ1v) is 4.31. The monoisotopic (exact) mass is 166 g/mol. The standard InChI is InChI=1S/C8H14N4/c1-7-4-12(5-7)6-8-3-9-10-11(8)2/h3,7H,4-6H2,1-2H3. The van der Waals surface area contributed by atoms with Crippen LogP contribution in [0.25, 0.3) is 0 Å². The van der Waals surface area contributed by atoms with E-state index in [1.54, 1.807) is 0 Å². The van der Waals surface area contributed by atoms with Crippen molar-refractivity contribution < 1.29 is 0 Å². The third-order valence-corrected chi connectivity index (χ3v) is 2.33. The van der Waals surface area contributed by atoms with Crippen LogP contribution >= 0.6 is 0 Å². The van der Waals surface area contributed by atoms with Crippen molar-refractivity contribution in [3.63, 3.8) is 0 Å². The summed E-state index contributed by atoms with van der Waals surface area (Å²) in [4.78, 5) is 2.41. The summed E-state index contributed by atoms with van der Waals surface area (Å²) in [7, 11) is 1.94. The van der Waals surface area contributed by atoms with Crippen molar-refractivity contribution in [1.82, 2.24) is 19.9 Å². The summed E-state index contributed by atoms with van der Waals surface area (Å²) in [6, 6.07) is 0. The molecule has 4 heteroatoms. The Morgan fingerprint density at radius 1 is 1.58 bits per heavy atom. The van der Waals surface area contributed by atoms with Crippen molar-refractivity contribution in [2.75, 3.05) is 13.1 Å². The molecule has 2 rings (SSSR count). The lowest BCUT2D eigenvalue weighted by Gasteiger charge is -2.36. The molecule has 0 atom stereocenters. The summed E-state index contributed by atoms with van der Waals surface area (Å²) in [6.07, 6.45) is 1.84. The maximum atomic E-state index is 3.89. The molecule has 4 nitrogen and oxygen atoms in total. The predicted molar refractivity (Wildman–Crippen MR) is 45.4 cm³/mol. The van der Waals surface area contributed by atoms with E-state index >= 15 is 0 Å². The minimum Gasteiger partial charge on any atom is -0.297 e. The molecular weight excluding hydrogens is 152 g/mol. The molecule has 1 aromatic rings. The number of rotatable bonds is 2. The van der Waals surface area contributed by atoms with Gasteiger partial charge in [0.15, 0.2) is 0 Å². The van der Waals surface area contributed by atoms with Crippen LogP contribution < -0.4 is 0 Å². The summed E-state index contributed by atoms with van der Waals surface area (Å²) in [5, 5.41) is 7.73. The third kappa shape index (κ3) is 1.34. The molecule has 2 heterocycles. The maximum absolute atomic E-state index is 3.89. The van der Waals surface area contributed by atoms with Crippen molar-refractivity contribution in [2.24, 2.45) is 13.0 Å². The first-order valence-electron chi connectivity index (χ1n) is 4.31. The average molecular weight is 166 g/mol. The van der Waals surface area contributed by atoms with Crippen molar-refractivity contribution in [1.29, 1.82) is 0 Å². The van der Waals surface area contributed by atoms with Gasteiger partial charge in [0.05, 0.1) is 11.9 Å². The highest BCUT2D eigenvalue weighted by atomic mass is 15.4. The highest BCUT2D eigenvalue weighted by Crippen LogP contribution is 2.16. The molecule has 0 N–H and O–H groups in total.